The number of hydrogen-bond acceptors (Lipinski definition) is 5. The third-order valence-electron chi connectivity index (χ3n) is 7.21. The number of para-hydroxylation sites is 1. The van der Waals surface area contributed by atoms with Gasteiger partial charge >= 0.3 is 0 Å². The molecule has 0 unspecified atom stereocenters. The number of rotatable bonds is 15. The first-order chi connectivity index (χ1) is 19.8. The number of nitrogens with zero attached hydrogens (tertiary/aromatic N) is 3. The van der Waals surface area contributed by atoms with E-state index in [2.05, 4.69) is 10.2 Å². The zero-order valence-electron chi connectivity index (χ0n) is 25.4. The van der Waals surface area contributed by atoms with E-state index in [4.69, 9.17) is 16.3 Å². The van der Waals surface area contributed by atoms with Crippen molar-refractivity contribution in [3.63, 3.8) is 0 Å². The third kappa shape index (κ3) is 8.55. The van der Waals surface area contributed by atoms with Gasteiger partial charge in [-0.3, -0.25) is 19.1 Å². The number of halogens is 2. The summed E-state index contributed by atoms with van der Waals surface area (Å²) in [6.45, 7) is 6.75. The van der Waals surface area contributed by atoms with Gasteiger partial charge in [0, 0.05) is 26.0 Å². The van der Waals surface area contributed by atoms with Crippen LogP contribution < -0.4 is 15.6 Å². The Morgan fingerprint density at radius 3 is 2.45 bits per heavy atom. The van der Waals surface area contributed by atoms with Crippen molar-refractivity contribution in [2.75, 3.05) is 32.6 Å². The highest BCUT2D eigenvalue weighted by molar-refractivity contribution is 6.31. The lowest BCUT2D eigenvalue weighted by molar-refractivity contribution is -0.118. The number of ether oxygens (including phenoxy) is 1. The molecule has 1 N–H and O–H groups in total. The van der Waals surface area contributed by atoms with Crippen molar-refractivity contribution in [3.05, 3.63) is 74.9 Å². The van der Waals surface area contributed by atoms with E-state index in [-0.39, 0.29) is 58.7 Å². The monoisotopic (exact) mass is 600 g/mol. The Bertz CT molecular complexity index is 1450. The summed E-state index contributed by atoms with van der Waals surface area (Å²) >= 11 is 5.93. The lowest BCUT2D eigenvalue weighted by Gasteiger charge is -2.23. The number of hydrogen-bond donors (Lipinski definition) is 1. The van der Waals surface area contributed by atoms with Crippen LogP contribution in [0.1, 0.15) is 68.9 Å². The lowest BCUT2D eigenvalue weighted by atomic mass is 9.82. The van der Waals surface area contributed by atoms with Gasteiger partial charge in [-0.05, 0) is 76.9 Å². The molecule has 0 aliphatic rings. The van der Waals surface area contributed by atoms with Gasteiger partial charge in [0.05, 0.1) is 28.6 Å². The van der Waals surface area contributed by atoms with Crippen molar-refractivity contribution in [2.45, 2.75) is 59.3 Å². The number of nitrogens with one attached hydrogen (secondary N) is 1. The van der Waals surface area contributed by atoms with Gasteiger partial charge in [-0.2, -0.15) is 0 Å². The van der Waals surface area contributed by atoms with Crippen LogP contribution in [0.25, 0.3) is 5.69 Å². The van der Waals surface area contributed by atoms with Gasteiger partial charge in [0.15, 0.2) is 5.78 Å². The molecular weight excluding hydrogens is 559 g/mol. The molecule has 1 heterocycles. The van der Waals surface area contributed by atoms with Crippen molar-refractivity contribution in [1.82, 2.24) is 14.3 Å². The standard InChI is InChI=1S/C32H42ClFN4O4/c1-7-42-28-20-25(34)24(33)19-23(28)27(39)16-17-32(2,3)21-29(40)35-30-26(15-11-12-18-36(4)5)37(6)38(31(30)41)22-13-9-8-10-14-22/h8-10,13-14,19-20H,7,11-12,15-18,21H2,1-6H3,(H,35,40). The summed E-state index contributed by atoms with van der Waals surface area (Å²) in [5.74, 6) is -1.05. The van der Waals surface area contributed by atoms with Crippen LogP contribution in [0, 0.1) is 11.2 Å². The molecule has 1 aromatic heterocycles. The van der Waals surface area contributed by atoms with Crippen LogP contribution in [0.4, 0.5) is 10.1 Å². The number of carbonyl (C=O) groups excluding carboxylic acids is 2. The molecule has 2 aromatic carbocycles. The lowest BCUT2D eigenvalue weighted by Crippen LogP contribution is -2.26. The van der Waals surface area contributed by atoms with E-state index in [9.17, 15) is 18.8 Å². The number of aromatic nitrogens is 2. The van der Waals surface area contributed by atoms with Crippen LogP contribution in [0.2, 0.25) is 5.02 Å². The molecule has 0 saturated carbocycles. The van der Waals surface area contributed by atoms with Gasteiger partial charge in [0.25, 0.3) is 5.56 Å². The van der Waals surface area contributed by atoms with Gasteiger partial charge in [-0.15, -0.1) is 0 Å². The van der Waals surface area contributed by atoms with Crippen LogP contribution >= 0.6 is 11.6 Å². The van der Waals surface area contributed by atoms with Gasteiger partial charge in [0.1, 0.15) is 17.3 Å². The zero-order valence-corrected chi connectivity index (χ0v) is 26.2. The Morgan fingerprint density at radius 1 is 1.12 bits per heavy atom. The summed E-state index contributed by atoms with van der Waals surface area (Å²) in [6.07, 6.45) is 3.05. The third-order valence-corrected chi connectivity index (χ3v) is 7.50. The van der Waals surface area contributed by atoms with Crippen molar-refractivity contribution in [3.8, 4) is 11.4 Å². The fourth-order valence-electron chi connectivity index (χ4n) is 4.96. The molecule has 0 bridgehead atoms. The normalized spacial score (nSPS) is 11.6. The SMILES string of the molecule is CCOc1cc(F)c(Cl)cc1C(=O)CCC(C)(C)CC(=O)Nc1c(CCCCN(C)C)n(C)n(-c2ccccc2)c1=O. The fraction of sp³-hybridized carbons (Fsp3) is 0.469. The number of Topliss-reactive ketones (excluding diaryl/α,β-unsaturated/α-hetero) is 1. The Labute approximate surface area is 252 Å². The number of ketones is 1. The van der Waals surface area contributed by atoms with Crippen LogP contribution in [-0.4, -0.2) is 53.2 Å². The Balaban J connectivity index is 1.76. The highest BCUT2D eigenvalue weighted by Crippen LogP contribution is 2.32. The molecule has 3 rings (SSSR count). The van der Waals surface area contributed by atoms with Gasteiger partial charge in [0.2, 0.25) is 5.91 Å². The quantitative estimate of drug-likeness (QED) is 0.164. The molecule has 0 atom stereocenters. The number of benzene rings is 2. The predicted molar refractivity (Wildman–Crippen MR) is 166 cm³/mol. The van der Waals surface area contributed by atoms with Crippen LogP contribution in [0.15, 0.2) is 47.3 Å². The molecule has 1 amide bonds. The Morgan fingerprint density at radius 2 is 1.81 bits per heavy atom. The minimum absolute atomic E-state index is 0.0997. The smallest absolute Gasteiger partial charge is 0.295 e. The second-order valence-electron chi connectivity index (χ2n) is 11.6. The van der Waals surface area contributed by atoms with E-state index >= 15 is 0 Å². The average Bonchev–Trinajstić information content (AvgIpc) is 3.15. The van der Waals surface area contributed by atoms with E-state index in [0.717, 1.165) is 31.1 Å². The maximum atomic E-state index is 13.9. The van der Waals surface area contributed by atoms with Gasteiger partial charge in [-0.25, -0.2) is 9.07 Å². The van der Waals surface area contributed by atoms with E-state index < -0.39 is 11.2 Å². The maximum absolute atomic E-state index is 13.9. The summed E-state index contributed by atoms with van der Waals surface area (Å²) in [6, 6.07) is 11.7. The molecule has 0 saturated heterocycles. The molecule has 0 spiro atoms. The van der Waals surface area contributed by atoms with Crippen molar-refractivity contribution >= 4 is 29.0 Å². The summed E-state index contributed by atoms with van der Waals surface area (Å²) in [5.41, 5.74) is 1.13. The number of amides is 1. The molecule has 0 aliphatic heterocycles. The first-order valence-electron chi connectivity index (χ1n) is 14.3. The topological polar surface area (TPSA) is 85.6 Å². The first kappa shape index (κ1) is 33.1. The van der Waals surface area contributed by atoms with Crippen LogP contribution in [-0.2, 0) is 18.3 Å². The number of carbonyl (C=O) groups is 2. The minimum Gasteiger partial charge on any atom is -0.493 e. The van der Waals surface area contributed by atoms with E-state index in [1.165, 1.54) is 6.07 Å². The molecule has 0 fully saturated rings. The molecule has 10 heteroatoms. The maximum Gasteiger partial charge on any atom is 0.295 e. The number of anilines is 1. The second kappa shape index (κ2) is 14.6. The molecule has 0 radical (unpaired) electrons. The molecule has 228 valence electrons. The van der Waals surface area contributed by atoms with Crippen molar-refractivity contribution < 1.29 is 18.7 Å². The van der Waals surface area contributed by atoms with E-state index in [1.807, 2.05) is 70.0 Å². The van der Waals surface area contributed by atoms with E-state index in [0.29, 0.717) is 18.5 Å². The Kier molecular flexibility index (Phi) is 11.5. The minimum atomic E-state index is -0.655. The summed E-state index contributed by atoms with van der Waals surface area (Å²) < 4.78 is 22.8. The fourth-order valence-corrected chi connectivity index (χ4v) is 5.12. The molecule has 8 nitrogen and oxygen atoms in total. The van der Waals surface area contributed by atoms with Crippen LogP contribution in [0.5, 0.6) is 5.75 Å². The highest BCUT2D eigenvalue weighted by atomic mass is 35.5. The molecular formula is C32H42ClFN4O4. The molecule has 42 heavy (non-hydrogen) atoms. The highest BCUT2D eigenvalue weighted by Gasteiger charge is 2.27. The summed E-state index contributed by atoms with van der Waals surface area (Å²) in [7, 11) is 5.88. The van der Waals surface area contributed by atoms with Crippen LogP contribution in [0.3, 0.4) is 0 Å². The summed E-state index contributed by atoms with van der Waals surface area (Å²) in [5, 5.41) is 2.76. The van der Waals surface area contributed by atoms with Gasteiger partial charge in [-0.1, -0.05) is 43.6 Å². The predicted octanol–water partition coefficient (Wildman–Crippen LogP) is 6.27. The second-order valence-corrected chi connectivity index (χ2v) is 12.0. The van der Waals surface area contributed by atoms with Crippen molar-refractivity contribution in [2.24, 2.45) is 12.5 Å². The van der Waals surface area contributed by atoms with Gasteiger partial charge < -0.3 is 15.0 Å². The average molecular weight is 601 g/mol. The number of unbranched alkanes of at least 4 members (excludes halogenated alkanes) is 1. The molecule has 0 aliphatic carbocycles. The largest absolute Gasteiger partial charge is 0.493 e. The molecule has 3 aromatic rings. The first-order valence-corrected chi connectivity index (χ1v) is 14.7. The zero-order chi connectivity index (χ0) is 31.0. The van der Waals surface area contributed by atoms with E-state index in [1.54, 1.807) is 11.6 Å². The van der Waals surface area contributed by atoms with Crippen molar-refractivity contribution in [1.29, 1.82) is 0 Å². The summed E-state index contributed by atoms with van der Waals surface area (Å²) in [4.78, 5) is 42.1. The Hall–Kier alpha value is -3.43.